The van der Waals surface area contributed by atoms with Gasteiger partial charge in [0, 0.05) is 38.5 Å². The Bertz CT molecular complexity index is 261. The fourth-order valence-electron chi connectivity index (χ4n) is 1.92. The van der Waals surface area contributed by atoms with Gasteiger partial charge in [0.2, 0.25) is 0 Å². The van der Waals surface area contributed by atoms with Gasteiger partial charge in [-0.2, -0.15) is 0 Å². The van der Waals surface area contributed by atoms with Crippen LogP contribution in [0.3, 0.4) is 0 Å². The number of nitrogens with one attached hydrogen (secondary N) is 1. The summed E-state index contributed by atoms with van der Waals surface area (Å²) in [6.45, 7) is 4.46. The van der Waals surface area contributed by atoms with Gasteiger partial charge >= 0.3 is 0 Å². The fourth-order valence-corrected chi connectivity index (χ4v) is 1.92. The highest BCUT2D eigenvalue weighted by molar-refractivity contribution is 5.75. The summed E-state index contributed by atoms with van der Waals surface area (Å²) in [5, 5.41) is 7.18. The number of rotatable bonds is 7. The lowest BCUT2D eigenvalue weighted by Gasteiger charge is -2.25. The molecule has 0 aromatic rings. The summed E-state index contributed by atoms with van der Waals surface area (Å²) in [5.41, 5.74) is 6.27. The van der Waals surface area contributed by atoms with Gasteiger partial charge in [0.1, 0.15) is 0 Å². The molecule has 0 saturated carbocycles. The molecule has 1 heterocycles. The average Bonchev–Trinajstić information content (AvgIpc) is 2.86. The van der Waals surface area contributed by atoms with E-state index in [1.165, 1.54) is 12.4 Å². The van der Waals surface area contributed by atoms with Crippen LogP contribution >= 0.6 is 0 Å². The van der Waals surface area contributed by atoms with Gasteiger partial charge in [0.15, 0.2) is 0 Å². The van der Waals surface area contributed by atoms with Crippen LogP contribution in [0.15, 0.2) is 11.8 Å². The zero-order valence-electron chi connectivity index (χ0n) is 10.9. The van der Waals surface area contributed by atoms with Crippen LogP contribution in [0.1, 0.15) is 6.42 Å². The van der Waals surface area contributed by atoms with Crippen molar-refractivity contribution >= 4 is 6.21 Å². The van der Waals surface area contributed by atoms with Gasteiger partial charge in [-0.25, -0.2) is 0 Å². The standard InChI is InChI=1S/C12H24N4O/c1-15(9-11(7-13)8-14)4-5-16(2)12-3-6-17-10-12/h7-8,12-13H,3-6,9-10,14H2,1-2H3/b11-8+,13-7?. The molecule has 1 rings (SSSR count). The zero-order valence-corrected chi connectivity index (χ0v) is 10.9. The van der Waals surface area contributed by atoms with E-state index in [0.717, 1.165) is 44.8 Å². The van der Waals surface area contributed by atoms with E-state index in [9.17, 15) is 0 Å². The number of nitrogens with two attached hydrogens (primary N) is 1. The van der Waals surface area contributed by atoms with Crippen LogP contribution in [0, 0.1) is 5.41 Å². The molecule has 98 valence electrons. The first-order valence-electron chi connectivity index (χ1n) is 6.05. The van der Waals surface area contributed by atoms with E-state index in [0.29, 0.717) is 6.04 Å². The summed E-state index contributed by atoms with van der Waals surface area (Å²) in [7, 11) is 4.19. The van der Waals surface area contributed by atoms with Crippen molar-refractivity contribution in [3.63, 3.8) is 0 Å². The molecular formula is C12H24N4O. The number of likely N-dealkylation sites (N-methyl/N-ethyl adjacent to an activating group) is 2. The Morgan fingerprint density at radius 2 is 2.24 bits per heavy atom. The van der Waals surface area contributed by atoms with E-state index in [1.807, 2.05) is 7.05 Å². The minimum Gasteiger partial charge on any atom is -0.404 e. The monoisotopic (exact) mass is 240 g/mol. The lowest BCUT2D eigenvalue weighted by Crippen LogP contribution is -2.38. The fraction of sp³-hybridized carbons (Fsp3) is 0.750. The molecule has 0 aliphatic carbocycles. The second-order valence-electron chi connectivity index (χ2n) is 4.62. The molecule has 1 aliphatic heterocycles. The molecule has 1 aliphatic rings. The first-order chi connectivity index (χ1) is 8.17. The lowest BCUT2D eigenvalue weighted by atomic mass is 10.2. The third kappa shape index (κ3) is 4.85. The van der Waals surface area contributed by atoms with E-state index in [2.05, 4.69) is 16.8 Å². The molecule has 0 aromatic carbocycles. The molecule has 17 heavy (non-hydrogen) atoms. The molecule has 0 aromatic heterocycles. The lowest BCUT2D eigenvalue weighted by molar-refractivity contribution is 0.153. The first-order valence-corrected chi connectivity index (χ1v) is 6.05. The largest absolute Gasteiger partial charge is 0.404 e. The van der Waals surface area contributed by atoms with Crippen LogP contribution in [-0.2, 0) is 4.74 Å². The summed E-state index contributed by atoms with van der Waals surface area (Å²) < 4.78 is 5.37. The Morgan fingerprint density at radius 3 is 2.76 bits per heavy atom. The van der Waals surface area contributed by atoms with Gasteiger partial charge in [-0.3, -0.25) is 4.90 Å². The van der Waals surface area contributed by atoms with Crippen LogP contribution in [0.5, 0.6) is 0 Å². The Labute approximate surface area is 104 Å². The van der Waals surface area contributed by atoms with Crippen molar-refractivity contribution in [3.8, 4) is 0 Å². The van der Waals surface area contributed by atoms with E-state index in [4.69, 9.17) is 15.9 Å². The SMILES string of the molecule is CN(CCN(C)C1CCOC1)C/C(C=N)=C/N. The second-order valence-corrected chi connectivity index (χ2v) is 4.62. The van der Waals surface area contributed by atoms with E-state index in [-0.39, 0.29) is 0 Å². The topological polar surface area (TPSA) is 65.6 Å². The molecule has 0 bridgehead atoms. The van der Waals surface area contributed by atoms with Gasteiger partial charge in [0.25, 0.3) is 0 Å². The van der Waals surface area contributed by atoms with E-state index in [1.54, 1.807) is 0 Å². The molecular weight excluding hydrogens is 216 g/mol. The molecule has 1 saturated heterocycles. The Kier molecular flexibility index (Phi) is 6.18. The van der Waals surface area contributed by atoms with Crippen LogP contribution in [0.2, 0.25) is 0 Å². The van der Waals surface area contributed by atoms with Crippen molar-refractivity contribution in [2.45, 2.75) is 12.5 Å². The maximum atomic E-state index is 7.18. The molecule has 1 unspecified atom stereocenters. The normalized spacial score (nSPS) is 21.4. The quantitative estimate of drug-likeness (QED) is 0.621. The zero-order chi connectivity index (χ0) is 12.7. The maximum Gasteiger partial charge on any atom is 0.0622 e. The summed E-state index contributed by atoms with van der Waals surface area (Å²) >= 11 is 0. The van der Waals surface area contributed by atoms with Gasteiger partial charge in [-0.1, -0.05) is 0 Å². The highest BCUT2D eigenvalue weighted by atomic mass is 16.5. The molecule has 0 spiro atoms. The van der Waals surface area contributed by atoms with Gasteiger partial charge < -0.3 is 20.8 Å². The number of hydrogen-bond acceptors (Lipinski definition) is 5. The highest BCUT2D eigenvalue weighted by Crippen LogP contribution is 2.10. The minimum atomic E-state index is 0.565. The Balaban J connectivity index is 2.22. The minimum absolute atomic E-state index is 0.565. The molecule has 5 nitrogen and oxygen atoms in total. The van der Waals surface area contributed by atoms with Crippen molar-refractivity contribution in [1.82, 2.24) is 9.80 Å². The predicted molar refractivity (Wildman–Crippen MR) is 70.4 cm³/mol. The average molecular weight is 240 g/mol. The summed E-state index contributed by atoms with van der Waals surface area (Å²) in [5.74, 6) is 0. The van der Waals surface area contributed by atoms with Crippen molar-refractivity contribution < 1.29 is 4.74 Å². The summed E-state index contributed by atoms with van der Waals surface area (Å²) in [4.78, 5) is 4.52. The number of ether oxygens (including phenoxy) is 1. The van der Waals surface area contributed by atoms with Gasteiger partial charge in [-0.15, -0.1) is 0 Å². The Morgan fingerprint density at radius 1 is 1.47 bits per heavy atom. The predicted octanol–water partition coefficient (Wildman–Crippen LogP) is 0.131. The van der Waals surface area contributed by atoms with Crippen molar-refractivity contribution in [2.75, 3.05) is 46.9 Å². The van der Waals surface area contributed by atoms with Crippen molar-refractivity contribution in [1.29, 1.82) is 5.41 Å². The summed E-state index contributed by atoms with van der Waals surface area (Å²) in [6.07, 6.45) is 3.94. The van der Waals surface area contributed by atoms with Crippen LogP contribution in [0.4, 0.5) is 0 Å². The third-order valence-corrected chi connectivity index (χ3v) is 3.22. The van der Waals surface area contributed by atoms with Crippen LogP contribution < -0.4 is 5.73 Å². The molecule has 1 atom stereocenters. The number of nitrogens with zero attached hydrogens (tertiary/aromatic N) is 2. The Hall–Kier alpha value is -0.910. The van der Waals surface area contributed by atoms with Crippen LogP contribution in [-0.4, -0.2) is 69.0 Å². The first kappa shape index (κ1) is 14.2. The molecule has 0 amide bonds. The molecule has 0 radical (unpaired) electrons. The molecule has 3 N–H and O–H groups in total. The number of hydrogen-bond donors (Lipinski definition) is 2. The second kappa shape index (κ2) is 7.42. The van der Waals surface area contributed by atoms with Gasteiger partial charge in [0.05, 0.1) is 6.61 Å². The third-order valence-electron chi connectivity index (χ3n) is 3.22. The van der Waals surface area contributed by atoms with E-state index < -0.39 is 0 Å². The highest BCUT2D eigenvalue weighted by Gasteiger charge is 2.19. The molecule has 1 fully saturated rings. The summed E-state index contributed by atoms with van der Waals surface area (Å²) in [6, 6.07) is 0.565. The maximum absolute atomic E-state index is 7.18. The van der Waals surface area contributed by atoms with Gasteiger partial charge in [-0.05, 0) is 32.3 Å². The smallest absolute Gasteiger partial charge is 0.0622 e. The van der Waals surface area contributed by atoms with E-state index >= 15 is 0 Å². The van der Waals surface area contributed by atoms with Crippen molar-refractivity contribution in [2.24, 2.45) is 5.73 Å². The van der Waals surface area contributed by atoms with Crippen molar-refractivity contribution in [3.05, 3.63) is 11.8 Å². The van der Waals surface area contributed by atoms with Crippen LogP contribution in [0.25, 0.3) is 0 Å². The molecule has 5 heteroatoms.